The highest BCUT2D eigenvalue weighted by Crippen LogP contribution is 2.34. The number of hydrogen-bond donors (Lipinski definition) is 6. The van der Waals surface area contributed by atoms with Crippen LogP contribution in [0, 0.1) is 22.7 Å². The van der Waals surface area contributed by atoms with Crippen molar-refractivity contribution in [3.63, 3.8) is 0 Å². The van der Waals surface area contributed by atoms with E-state index < -0.39 is 40.7 Å². The first-order valence-electron chi connectivity index (χ1n) is 13.5. The second-order valence-electron chi connectivity index (χ2n) is 12.0. The van der Waals surface area contributed by atoms with Gasteiger partial charge in [0, 0.05) is 36.8 Å². The first kappa shape index (κ1) is 33.8. The molecule has 6 N–H and O–H groups in total. The molecule has 3 amide bonds. The van der Waals surface area contributed by atoms with Crippen LogP contribution < -0.4 is 16.0 Å². The van der Waals surface area contributed by atoms with Gasteiger partial charge in [-0.3, -0.25) is 24.0 Å². The average Bonchev–Trinajstić information content (AvgIpc) is 2.82. The van der Waals surface area contributed by atoms with Crippen LogP contribution in [0.15, 0.2) is 0 Å². The van der Waals surface area contributed by atoms with Crippen molar-refractivity contribution < 1.29 is 44.1 Å². The van der Waals surface area contributed by atoms with Gasteiger partial charge in [0.2, 0.25) is 17.7 Å². The Hall–Kier alpha value is -3.18. The molecule has 12 nitrogen and oxygen atoms in total. The Bertz CT molecular complexity index is 908. The van der Waals surface area contributed by atoms with Gasteiger partial charge in [-0.2, -0.15) is 0 Å². The summed E-state index contributed by atoms with van der Waals surface area (Å²) in [6.45, 7) is 8.70. The van der Waals surface area contributed by atoms with Gasteiger partial charge in [-0.25, -0.2) is 4.79 Å². The molecule has 1 fully saturated rings. The van der Waals surface area contributed by atoms with E-state index in [0.29, 0.717) is 32.2 Å². The Balaban J connectivity index is 2.48. The van der Waals surface area contributed by atoms with Gasteiger partial charge in [0.15, 0.2) is 0 Å². The maximum absolute atomic E-state index is 12.7. The number of carbonyl (C=O) groups excluding carboxylic acids is 3. The first-order chi connectivity index (χ1) is 17.9. The monoisotopic (exact) mass is 555 g/mol. The van der Waals surface area contributed by atoms with Gasteiger partial charge in [0.25, 0.3) is 0 Å². The Morgan fingerprint density at radius 1 is 0.821 bits per heavy atom. The van der Waals surface area contributed by atoms with Crippen molar-refractivity contribution in [3.05, 3.63) is 0 Å². The summed E-state index contributed by atoms with van der Waals surface area (Å²) in [6.07, 6.45) is 2.56. The van der Waals surface area contributed by atoms with Crippen molar-refractivity contribution in [3.8, 4) is 0 Å². The van der Waals surface area contributed by atoms with E-state index in [4.69, 9.17) is 5.11 Å². The fourth-order valence-corrected chi connectivity index (χ4v) is 4.95. The van der Waals surface area contributed by atoms with Crippen molar-refractivity contribution in [1.29, 1.82) is 0 Å². The van der Waals surface area contributed by atoms with E-state index >= 15 is 0 Å². The average molecular weight is 556 g/mol. The van der Waals surface area contributed by atoms with E-state index in [9.17, 15) is 39.0 Å². The number of carboxylic acids is 3. The molecule has 39 heavy (non-hydrogen) atoms. The van der Waals surface area contributed by atoms with Crippen LogP contribution in [-0.2, 0) is 28.8 Å². The van der Waals surface area contributed by atoms with Gasteiger partial charge in [-0.1, -0.05) is 13.8 Å². The topological polar surface area (TPSA) is 199 Å². The molecule has 222 valence electrons. The minimum Gasteiger partial charge on any atom is -0.481 e. The largest absolute Gasteiger partial charge is 0.481 e. The van der Waals surface area contributed by atoms with Crippen molar-refractivity contribution in [2.75, 3.05) is 6.54 Å². The van der Waals surface area contributed by atoms with Gasteiger partial charge in [0.05, 0.1) is 5.41 Å². The van der Waals surface area contributed by atoms with Crippen LogP contribution in [-0.4, -0.2) is 69.6 Å². The zero-order chi connectivity index (χ0) is 30.0. The molecular formula is C27H45N3O9. The summed E-state index contributed by atoms with van der Waals surface area (Å²) < 4.78 is 0. The molecule has 0 saturated heterocycles. The normalized spacial score (nSPS) is 19.3. The molecular weight excluding hydrogens is 510 g/mol. The molecule has 0 spiro atoms. The quantitative estimate of drug-likeness (QED) is 0.165. The van der Waals surface area contributed by atoms with Gasteiger partial charge < -0.3 is 31.3 Å². The molecule has 1 aliphatic rings. The molecule has 0 radical (unpaired) electrons. The van der Waals surface area contributed by atoms with Crippen molar-refractivity contribution in [2.45, 2.75) is 104 Å². The lowest BCUT2D eigenvalue weighted by Crippen LogP contribution is -2.46. The lowest BCUT2D eigenvalue weighted by atomic mass is 9.74. The zero-order valence-corrected chi connectivity index (χ0v) is 23.7. The van der Waals surface area contributed by atoms with E-state index in [1.165, 1.54) is 0 Å². The number of nitrogens with one attached hydrogen (secondary N) is 3. The molecule has 0 aromatic carbocycles. The number of rotatable bonds is 16. The summed E-state index contributed by atoms with van der Waals surface area (Å²) in [4.78, 5) is 71.3. The molecule has 1 aliphatic carbocycles. The highest BCUT2D eigenvalue weighted by molar-refractivity contribution is 5.86. The second-order valence-corrected chi connectivity index (χ2v) is 12.0. The Labute approximate surface area is 229 Å². The molecule has 2 unspecified atom stereocenters. The molecule has 1 rings (SSSR count). The van der Waals surface area contributed by atoms with E-state index in [1.54, 1.807) is 34.6 Å². The highest BCUT2D eigenvalue weighted by atomic mass is 16.4. The fourth-order valence-electron chi connectivity index (χ4n) is 4.95. The fraction of sp³-hybridized carbons (Fsp3) is 0.778. The third kappa shape index (κ3) is 12.0. The lowest BCUT2D eigenvalue weighted by molar-refractivity contribution is -0.150. The lowest BCUT2D eigenvalue weighted by Gasteiger charge is -2.33. The predicted octanol–water partition coefficient (Wildman–Crippen LogP) is 2.16. The number of carboxylic acid groups (broad SMARTS) is 3. The molecule has 0 aromatic heterocycles. The molecule has 0 aliphatic heterocycles. The van der Waals surface area contributed by atoms with E-state index in [2.05, 4.69) is 16.0 Å². The van der Waals surface area contributed by atoms with Crippen LogP contribution >= 0.6 is 0 Å². The van der Waals surface area contributed by atoms with Crippen molar-refractivity contribution in [2.24, 2.45) is 22.7 Å². The third-order valence-corrected chi connectivity index (χ3v) is 7.32. The van der Waals surface area contributed by atoms with E-state index in [0.717, 1.165) is 0 Å². The summed E-state index contributed by atoms with van der Waals surface area (Å²) in [5, 5.41) is 35.7. The third-order valence-electron chi connectivity index (χ3n) is 7.32. The SMILES string of the molecule is CC(CCC(=O)O)NC(=O)CCC(NC(=O)C1CCC(CNC(=O)C(C)(C)CC(C)(C)C(=O)O)CC1)C(=O)O. The van der Waals surface area contributed by atoms with E-state index in [1.807, 2.05) is 0 Å². The molecule has 12 heteroatoms. The zero-order valence-electron chi connectivity index (χ0n) is 23.7. The minimum atomic E-state index is -1.24. The highest BCUT2D eigenvalue weighted by Gasteiger charge is 2.39. The molecule has 0 heterocycles. The summed E-state index contributed by atoms with van der Waals surface area (Å²) in [7, 11) is 0. The standard InChI is InChI=1S/C27H45N3O9/c1-16(6-13-21(32)33)29-20(31)12-11-19(23(35)36)30-22(34)18-9-7-17(8-10-18)14-28-24(37)26(2,3)15-27(4,5)25(38)39/h16-19H,6-15H2,1-5H3,(H,28,37)(H,29,31)(H,30,34)(H,32,33)(H,35,36)(H,38,39). The summed E-state index contributed by atoms with van der Waals surface area (Å²) in [6, 6.07) is -1.58. The van der Waals surface area contributed by atoms with Crippen LogP contribution in [0.4, 0.5) is 0 Å². The maximum Gasteiger partial charge on any atom is 0.326 e. The van der Waals surface area contributed by atoms with Crippen molar-refractivity contribution >= 4 is 35.6 Å². The van der Waals surface area contributed by atoms with Crippen LogP contribution in [0.1, 0.15) is 92.4 Å². The molecule has 1 saturated carbocycles. The maximum atomic E-state index is 12.7. The van der Waals surface area contributed by atoms with Gasteiger partial charge in [-0.15, -0.1) is 0 Å². The molecule has 0 aromatic rings. The van der Waals surface area contributed by atoms with Crippen LogP contribution in [0.3, 0.4) is 0 Å². The van der Waals surface area contributed by atoms with Crippen LogP contribution in [0.5, 0.6) is 0 Å². The van der Waals surface area contributed by atoms with Gasteiger partial charge >= 0.3 is 17.9 Å². The minimum absolute atomic E-state index is 0.0889. The Morgan fingerprint density at radius 2 is 1.41 bits per heavy atom. The van der Waals surface area contributed by atoms with Gasteiger partial charge in [-0.05, 0) is 71.6 Å². The first-order valence-corrected chi connectivity index (χ1v) is 13.5. The number of amides is 3. The Kier molecular flexibility index (Phi) is 12.9. The predicted molar refractivity (Wildman–Crippen MR) is 142 cm³/mol. The van der Waals surface area contributed by atoms with Gasteiger partial charge in [0.1, 0.15) is 6.04 Å². The van der Waals surface area contributed by atoms with Crippen molar-refractivity contribution in [1.82, 2.24) is 16.0 Å². The number of hydrogen-bond acceptors (Lipinski definition) is 6. The summed E-state index contributed by atoms with van der Waals surface area (Å²) >= 11 is 0. The molecule has 0 bridgehead atoms. The number of carbonyl (C=O) groups is 6. The van der Waals surface area contributed by atoms with Crippen LogP contribution in [0.2, 0.25) is 0 Å². The van der Waals surface area contributed by atoms with E-state index in [-0.39, 0.29) is 61.8 Å². The Morgan fingerprint density at radius 3 is 1.92 bits per heavy atom. The second kappa shape index (κ2) is 14.8. The van der Waals surface area contributed by atoms with Crippen LogP contribution in [0.25, 0.3) is 0 Å². The molecule has 2 atom stereocenters. The number of aliphatic carboxylic acids is 3. The summed E-state index contributed by atoms with van der Waals surface area (Å²) in [5.74, 6) is -4.38. The summed E-state index contributed by atoms with van der Waals surface area (Å²) in [5.41, 5.74) is -1.90. The smallest absolute Gasteiger partial charge is 0.326 e.